The van der Waals surface area contributed by atoms with Gasteiger partial charge in [-0.15, -0.1) is 0 Å². The second kappa shape index (κ2) is 8.68. The summed E-state index contributed by atoms with van der Waals surface area (Å²) >= 11 is 0. The highest BCUT2D eigenvalue weighted by Crippen LogP contribution is 2.15. The number of nitrogens with zero attached hydrogens (tertiary/aromatic N) is 2. The first-order chi connectivity index (χ1) is 11.5. The second-order valence-electron chi connectivity index (χ2n) is 6.07. The van der Waals surface area contributed by atoms with Crippen molar-refractivity contribution in [2.24, 2.45) is 0 Å². The number of benzene rings is 1. The number of hydrogen-bond donors (Lipinski definition) is 1. The molecule has 1 aliphatic rings. The molecule has 0 bridgehead atoms. The summed E-state index contributed by atoms with van der Waals surface area (Å²) < 4.78 is 5.23. The van der Waals surface area contributed by atoms with Gasteiger partial charge in [0.05, 0.1) is 7.11 Å². The molecule has 24 heavy (non-hydrogen) atoms. The predicted molar refractivity (Wildman–Crippen MR) is 93.0 cm³/mol. The monoisotopic (exact) mass is 333 g/mol. The molecule has 1 N–H and O–H groups in total. The summed E-state index contributed by atoms with van der Waals surface area (Å²) in [5.74, 6) is 0.547. The molecule has 2 amide bonds. The summed E-state index contributed by atoms with van der Waals surface area (Å²) in [7, 11) is 1.61. The Morgan fingerprint density at radius 3 is 2.54 bits per heavy atom. The van der Waals surface area contributed by atoms with Crippen molar-refractivity contribution >= 4 is 11.8 Å². The molecule has 0 aromatic heterocycles. The van der Waals surface area contributed by atoms with E-state index in [0.717, 1.165) is 30.9 Å². The number of ether oxygens (including phenoxy) is 1. The van der Waals surface area contributed by atoms with Crippen molar-refractivity contribution in [2.45, 2.75) is 26.3 Å². The third-order valence-corrected chi connectivity index (χ3v) is 4.38. The van der Waals surface area contributed by atoms with Crippen LogP contribution in [-0.2, 0) is 16.0 Å². The summed E-state index contributed by atoms with van der Waals surface area (Å²) in [4.78, 5) is 28.6. The zero-order valence-electron chi connectivity index (χ0n) is 14.7. The lowest BCUT2D eigenvalue weighted by atomic mass is 10.0. The number of methoxy groups -OCH3 is 1. The number of nitrogens with one attached hydrogen (secondary N) is 1. The molecular formula is C18H27N3O3. The van der Waals surface area contributed by atoms with Crippen molar-refractivity contribution in [1.29, 1.82) is 0 Å². The van der Waals surface area contributed by atoms with E-state index < -0.39 is 6.04 Å². The van der Waals surface area contributed by atoms with E-state index in [1.54, 1.807) is 7.11 Å². The zero-order valence-corrected chi connectivity index (χ0v) is 14.7. The molecule has 1 aromatic rings. The van der Waals surface area contributed by atoms with Crippen molar-refractivity contribution in [3.8, 4) is 5.75 Å². The topological polar surface area (TPSA) is 61.9 Å². The molecule has 1 fully saturated rings. The van der Waals surface area contributed by atoms with E-state index >= 15 is 0 Å². The summed E-state index contributed by atoms with van der Waals surface area (Å²) in [6, 6.07) is 7.06. The van der Waals surface area contributed by atoms with Crippen molar-refractivity contribution in [3.63, 3.8) is 0 Å². The van der Waals surface area contributed by atoms with Gasteiger partial charge in [0.2, 0.25) is 11.8 Å². The molecule has 1 aliphatic heterocycles. The molecular weight excluding hydrogens is 306 g/mol. The van der Waals surface area contributed by atoms with Crippen molar-refractivity contribution in [1.82, 2.24) is 15.1 Å². The SMILES string of the molecule is CCN1CCN(C(=O)C(Cc2cccc(OC)c2)NC(C)=O)CC1. The maximum Gasteiger partial charge on any atom is 0.245 e. The number of hydrogen-bond acceptors (Lipinski definition) is 4. The van der Waals surface area contributed by atoms with Gasteiger partial charge in [0.1, 0.15) is 11.8 Å². The average Bonchev–Trinajstić information content (AvgIpc) is 2.60. The molecule has 6 heteroatoms. The van der Waals surface area contributed by atoms with Gasteiger partial charge in [-0.1, -0.05) is 19.1 Å². The van der Waals surface area contributed by atoms with Crippen LogP contribution >= 0.6 is 0 Å². The van der Waals surface area contributed by atoms with Crippen LogP contribution in [-0.4, -0.2) is 67.5 Å². The van der Waals surface area contributed by atoms with E-state index in [1.165, 1.54) is 6.92 Å². The Bertz CT molecular complexity index is 568. The fourth-order valence-corrected chi connectivity index (χ4v) is 2.99. The normalized spacial score (nSPS) is 16.5. The molecule has 6 nitrogen and oxygen atoms in total. The fraction of sp³-hybridized carbons (Fsp3) is 0.556. The van der Waals surface area contributed by atoms with E-state index in [0.29, 0.717) is 19.5 Å². The number of amides is 2. The van der Waals surface area contributed by atoms with Crippen molar-refractivity contribution in [3.05, 3.63) is 29.8 Å². The van der Waals surface area contributed by atoms with Gasteiger partial charge < -0.3 is 19.9 Å². The Labute approximate surface area is 143 Å². The largest absolute Gasteiger partial charge is 0.497 e. The Hall–Kier alpha value is -2.08. The summed E-state index contributed by atoms with van der Waals surface area (Å²) in [5.41, 5.74) is 0.966. The molecule has 1 atom stereocenters. The number of likely N-dealkylation sites (N-methyl/N-ethyl adjacent to an activating group) is 1. The molecule has 0 saturated carbocycles. The van der Waals surface area contributed by atoms with Crippen molar-refractivity contribution in [2.75, 3.05) is 39.8 Å². The minimum absolute atomic E-state index is 0.0104. The summed E-state index contributed by atoms with van der Waals surface area (Å²) in [6.45, 7) is 7.76. The van der Waals surface area contributed by atoms with Gasteiger partial charge in [0, 0.05) is 39.5 Å². The highest BCUT2D eigenvalue weighted by atomic mass is 16.5. The van der Waals surface area contributed by atoms with Crippen LogP contribution in [0.2, 0.25) is 0 Å². The Morgan fingerprint density at radius 2 is 1.96 bits per heavy atom. The standard InChI is InChI=1S/C18H27N3O3/c1-4-20-8-10-21(11-9-20)18(23)17(19-14(2)22)13-15-6-5-7-16(12-15)24-3/h5-7,12,17H,4,8-11,13H2,1-3H3,(H,19,22). The van der Waals surface area contributed by atoms with Gasteiger partial charge in [0.25, 0.3) is 0 Å². The van der Waals surface area contributed by atoms with E-state index in [9.17, 15) is 9.59 Å². The Kier molecular flexibility index (Phi) is 6.61. The van der Waals surface area contributed by atoms with Crippen LogP contribution in [0.15, 0.2) is 24.3 Å². The molecule has 1 unspecified atom stereocenters. The van der Waals surface area contributed by atoms with Crippen molar-refractivity contribution < 1.29 is 14.3 Å². The Morgan fingerprint density at radius 1 is 1.25 bits per heavy atom. The summed E-state index contributed by atoms with van der Waals surface area (Å²) in [5, 5.41) is 2.80. The van der Waals surface area contributed by atoms with Crippen LogP contribution in [0.25, 0.3) is 0 Å². The molecule has 1 saturated heterocycles. The highest BCUT2D eigenvalue weighted by molar-refractivity contribution is 5.87. The Balaban J connectivity index is 2.06. The lowest BCUT2D eigenvalue weighted by Crippen LogP contribution is -2.55. The highest BCUT2D eigenvalue weighted by Gasteiger charge is 2.28. The first-order valence-corrected chi connectivity index (χ1v) is 8.44. The van der Waals surface area contributed by atoms with E-state index in [1.807, 2.05) is 29.2 Å². The van der Waals surface area contributed by atoms with Gasteiger partial charge in [0.15, 0.2) is 0 Å². The minimum atomic E-state index is -0.539. The number of rotatable bonds is 6. The summed E-state index contributed by atoms with van der Waals surface area (Å²) in [6.07, 6.45) is 0.462. The number of carbonyl (C=O) groups excluding carboxylic acids is 2. The van der Waals surface area contributed by atoms with Gasteiger partial charge in [-0.3, -0.25) is 9.59 Å². The average molecular weight is 333 g/mol. The van der Waals surface area contributed by atoms with E-state index in [2.05, 4.69) is 17.1 Å². The zero-order chi connectivity index (χ0) is 17.5. The first kappa shape index (κ1) is 18.3. The lowest BCUT2D eigenvalue weighted by Gasteiger charge is -2.36. The van der Waals surface area contributed by atoms with E-state index in [4.69, 9.17) is 4.74 Å². The van der Waals surface area contributed by atoms with Crippen LogP contribution in [0.3, 0.4) is 0 Å². The molecule has 1 aromatic carbocycles. The van der Waals surface area contributed by atoms with Gasteiger partial charge in [-0.25, -0.2) is 0 Å². The molecule has 132 valence electrons. The fourth-order valence-electron chi connectivity index (χ4n) is 2.99. The van der Waals surface area contributed by atoms with Gasteiger partial charge in [-0.05, 0) is 24.2 Å². The van der Waals surface area contributed by atoms with Crippen LogP contribution in [0, 0.1) is 0 Å². The maximum absolute atomic E-state index is 12.8. The molecule has 0 spiro atoms. The maximum atomic E-state index is 12.8. The van der Waals surface area contributed by atoms with Crippen LogP contribution in [0.1, 0.15) is 19.4 Å². The quantitative estimate of drug-likeness (QED) is 0.840. The smallest absolute Gasteiger partial charge is 0.245 e. The lowest BCUT2D eigenvalue weighted by molar-refractivity contribution is -0.137. The van der Waals surface area contributed by atoms with E-state index in [-0.39, 0.29) is 11.8 Å². The predicted octanol–water partition coefficient (Wildman–Crippen LogP) is 0.906. The van der Waals surface area contributed by atoms with Gasteiger partial charge in [-0.2, -0.15) is 0 Å². The third kappa shape index (κ3) is 4.96. The molecule has 0 radical (unpaired) electrons. The van der Waals surface area contributed by atoms with Crippen LogP contribution < -0.4 is 10.1 Å². The first-order valence-electron chi connectivity index (χ1n) is 8.44. The second-order valence-corrected chi connectivity index (χ2v) is 6.07. The third-order valence-electron chi connectivity index (χ3n) is 4.38. The molecule has 1 heterocycles. The number of piperazine rings is 1. The minimum Gasteiger partial charge on any atom is -0.497 e. The van der Waals surface area contributed by atoms with Crippen LogP contribution in [0.5, 0.6) is 5.75 Å². The molecule has 0 aliphatic carbocycles. The number of carbonyl (C=O) groups is 2. The van der Waals surface area contributed by atoms with Crippen LogP contribution in [0.4, 0.5) is 0 Å². The van der Waals surface area contributed by atoms with Gasteiger partial charge >= 0.3 is 0 Å². The molecule has 2 rings (SSSR count).